The predicted octanol–water partition coefficient (Wildman–Crippen LogP) is 1.97. The minimum atomic E-state index is -0.0857. The molecule has 0 bridgehead atoms. The number of rotatable bonds is 5. The molecule has 0 radical (unpaired) electrons. The largest absolute Gasteiger partial charge is 0.497 e. The van der Waals surface area contributed by atoms with E-state index in [0.717, 1.165) is 35.4 Å². The molecule has 6 heteroatoms. The third-order valence-electron chi connectivity index (χ3n) is 3.83. The first-order valence-electron chi connectivity index (χ1n) is 7.31. The minimum absolute atomic E-state index is 0.0857. The van der Waals surface area contributed by atoms with Crippen LogP contribution < -0.4 is 15.4 Å². The first-order valence-corrected chi connectivity index (χ1v) is 7.31. The van der Waals surface area contributed by atoms with Gasteiger partial charge < -0.3 is 20.4 Å². The van der Waals surface area contributed by atoms with Gasteiger partial charge in [-0.2, -0.15) is 0 Å². The maximum atomic E-state index is 11.6. The fraction of sp³-hybridized carbons (Fsp3) is 0.467. The molecular weight excluding hydrogens is 268 g/mol. The Balaban J connectivity index is 1.51. The Hall–Kier alpha value is -2.24. The van der Waals surface area contributed by atoms with Crippen LogP contribution in [0.5, 0.6) is 5.75 Å². The number of ether oxygens (including phenoxy) is 1. The molecule has 1 aromatic carbocycles. The van der Waals surface area contributed by atoms with Gasteiger partial charge in [-0.15, -0.1) is 0 Å². The van der Waals surface area contributed by atoms with E-state index in [-0.39, 0.29) is 6.03 Å². The van der Waals surface area contributed by atoms with Crippen LogP contribution in [0.1, 0.15) is 25.1 Å². The summed E-state index contributed by atoms with van der Waals surface area (Å²) in [5.41, 5.74) is 1.85. The van der Waals surface area contributed by atoms with E-state index in [0.29, 0.717) is 19.0 Å². The molecule has 0 unspecified atom stereocenters. The number of carbonyl (C=O) groups is 1. The van der Waals surface area contributed by atoms with Gasteiger partial charge in [0.1, 0.15) is 11.6 Å². The van der Waals surface area contributed by atoms with Gasteiger partial charge in [0.25, 0.3) is 0 Å². The predicted molar refractivity (Wildman–Crippen MR) is 80.5 cm³/mol. The van der Waals surface area contributed by atoms with Crippen molar-refractivity contribution in [2.24, 2.45) is 0 Å². The number of benzene rings is 1. The van der Waals surface area contributed by atoms with Crippen molar-refractivity contribution >= 4 is 17.1 Å². The molecule has 3 N–H and O–H groups in total. The Morgan fingerprint density at radius 3 is 3.05 bits per heavy atom. The van der Waals surface area contributed by atoms with Gasteiger partial charge in [0.15, 0.2) is 0 Å². The van der Waals surface area contributed by atoms with E-state index >= 15 is 0 Å². The van der Waals surface area contributed by atoms with Gasteiger partial charge in [-0.3, -0.25) is 0 Å². The highest BCUT2D eigenvalue weighted by Crippen LogP contribution is 2.19. The van der Waals surface area contributed by atoms with Crippen molar-refractivity contribution in [1.82, 2.24) is 20.6 Å². The molecule has 6 nitrogen and oxygen atoms in total. The molecule has 21 heavy (non-hydrogen) atoms. The molecule has 1 saturated carbocycles. The number of carbonyl (C=O) groups excluding carboxylic acids is 1. The number of imidazole rings is 1. The van der Waals surface area contributed by atoms with E-state index in [2.05, 4.69) is 20.6 Å². The number of urea groups is 1. The van der Waals surface area contributed by atoms with Crippen molar-refractivity contribution in [3.05, 3.63) is 24.0 Å². The molecule has 1 heterocycles. The zero-order valence-electron chi connectivity index (χ0n) is 12.1. The molecule has 1 aliphatic rings. The first kappa shape index (κ1) is 13.7. The second-order valence-electron chi connectivity index (χ2n) is 5.34. The molecule has 112 valence electrons. The number of amides is 2. The summed E-state index contributed by atoms with van der Waals surface area (Å²) in [5, 5.41) is 5.81. The number of methoxy groups -OCH3 is 1. The molecule has 3 rings (SSSR count). The van der Waals surface area contributed by atoms with Gasteiger partial charge in [-0.25, -0.2) is 9.78 Å². The second-order valence-corrected chi connectivity index (χ2v) is 5.34. The molecular formula is C15H20N4O2. The monoisotopic (exact) mass is 288 g/mol. The Bertz CT molecular complexity index is 634. The van der Waals surface area contributed by atoms with Gasteiger partial charge in [-0.05, 0) is 31.4 Å². The molecule has 1 fully saturated rings. The van der Waals surface area contributed by atoms with Gasteiger partial charge in [0.05, 0.1) is 18.1 Å². The van der Waals surface area contributed by atoms with Crippen molar-refractivity contribution in [3.8, 4) is 5.75 Å². The van der Waals surface area contributed by atoms with E-state index in [9.17, 15) is 4.79 Å². The van der Waals surface area contributed by atoms with Crippen molar-refractivity contribution in [2.45, 2.75) is 31.7 Å². The lowest BCUT2D eigenvalue weighted by Gasteiger charge is -2.26. The highest BCUT2D eigenvalue weighted by molar-refractivity contribution is 5.77. The van der Waals surface area contributed by atoms with Gasteiger partial charge in [-0.1, -0.05) is 0 Å². The van der Waals surface area contributed by atoms with Crippen LogP contribution in [0.25, 0.3) is 11.0 Å². The Labute approximate surface area is 123 Å². The number of hydrogen-bond donors (Lipinski definition) is 3. The second kappa shape index (κ2) is 6.03. The molecule has 0 atom stereocenters. The number of nitrogens with zero attached hydrogens (tertiary/aromatic N) is 1. The van der Waals surface area contributed by atoms with Crippen LogP contribution in [0.15, 0.2) is 18.2 Å². The molecule has 0 aliphatic heterocycles. The Kier molecular flexibility index (Phi) is 3.94. The van der Waals surface area contributed by atoms with Crippen molar-refractivity contribution in [1.29, 1.82) is 0 Å². The van der Waals surface area contributed by atoms with Gasteiger partial charge in [0.2, 0.25) is 0 Å². The third kappa shape index (κ3) is 3.26. The summed E-state index contributed by atoms with van der Waals surface area (Å²) in [6.07, 6.45) is 4.08. The number of aromatic amines is 1. The number of fused-ring (bicyclic) bond motifs is 1. The van der Waals surface area contributed by atoms with Crippen molar-refractivity contribution in [2.75, 3.05) is 13.7 Å². The lowest BCUT2D eigenvalue weighted by molar-refractivity contribution is 0.228. The molecule has 2 amide bonds. The van der Waals surface area contributed by atoms with E-state index < -0.39 is 0 Å². The van der Waals surface area contributed by atoms with E-state index in [1.54, 1.807) is 7.11 Å². The zero-order valence-corrected chi connectivity index (χ0v) is 12.1. The van der Waals surface area contributed by atoms with Crippen molar-refractivity contribution in [3.63, 3.8) is 0 Å². The normalized spacial score (nSPS) is 14.7. The van der Waals surface area contributed by atoms with Crippen LogP contribution in [0, 0.1) is 0 Å². The van der Waals surface area contributed by atoms with Gasteiger partial charge >= 0.3 is 6.03 Å². The highest BCUT2D eigenvalue weighted by Gasteiger charge is 2.18. The van der Waals surface area contributed by atoms with Crippen LogP contribution in [0.2, 0.25) is 0 Å². The Morgan fingerprint density at radius 1 is 1.48 bits per heavy atom. The Morgan fingerprint density at radius 2 is 2.33 bits per heavy atom. The summed E-state index contributed by atoms with van der Waals surface area (Å²) in [6.45, 7) is 0.565. The molecule has 1 aromatic heterocycles. The van der Waals surface area contributed by atoms with Crippen LogP contribution >= 0.6 is 0 Å². The smallest absolute Gasteiger partial charge is 0.315 e. The minimum Gasteiger partial charge on any atom is -0.497 e. The highest BCUT2D eigenvalue weighted by atomic mass is 16.5. The summed E-state index contributed by atoms with van der Waals surface area (Å²) in [6, 6.07) is 6.01. The molecule has 1 aliphatic carbocycles. The fourth-order valence-corrected chi connectivity index (χ4v) is 2.37. The maximum absolute atomic E-state index is 11.6. The summed E-state index contributed by atoms with van der Waals surface area (Å²) in [5.74, 6) is 1.66. The molecule has 0 spiro atoms. The first-order chi connectivity index (χ1) is 10.2. The van der Waals surface area contributed by atoms with Crippen molar-refractivity contribution < 1.29 is 9.53 Å². The quantitative estimate of drug-likeness (QED) is 0.787. The standard InChI is InChI=1S/C15H20N4O2/c1-21-11-5-6-12-13(9-11)19-14(18-12)7-8-16-15(20)17-10-3-2-4-10/h5-6,9-10H,2-4,7-8H2,1H3,(H,18,19)(H2,16,17,20). The summed E-state index contributed by atoms with van der Waals surface area (Å²) in [7, 11) is 1.64. The average Bonchev–Trinajstić information content (AvgIpc) is 2.84. The topological polar surface area (TPSA) is 79.0 Å². The third-order valence-corrected chi connectivity index (χ3v) is 3.83. The summed E-state index contributed by atoms with van der Waals surface area (Å²) < 4.78 is 5.18. The van der Waals surface area contributed by atoms with Gasteiger partial charge in [0, 0.05) is 25.1 Å². The SMILES string of the molecule is COc1ccc2nc(CCNC(=O)NC3CCC3)[nH]c2c1. The summed E-state index contributed by atoms with van der Waals surface area (Å²) in [4.78, 5) is 19.4. The maximum Gasteiger partial charge on any atom is 0.315 e. The number of hydrogen-bond acceptors (Lipinski definition) is 3. The van der Waals surface area contributed by atoms with Crippen LogP contribution in [-0.2, 0) is 6.42 Å². The van der Waals surface area contributed by atoms with Crippen LogP contribution in [0.3, 0.4) is 0 Å². The number of aromatic nitrogens is 2. The number of nitrogens with one attached hydrogen (secondary N) is 3. The zero-order chi connectivity index (χ0) is 14.7. The molecule has 2 aromatic rings. The van der Waals surface area contributed by atoms with E-state index in [1.807, 2.05) is 18.2 Å². The van der Waals surface area contributed by atoms with Crippen LogP contribution in [-0.4, -0.2) is 35.7 Å². The lowest BCUT2D eigenvalue weighted by atomic mass is 9.93. The average molecular weight is 288 g/mol. The van der Waals surface area contributed by atoms with E-state index in [1.165, 1.54) is 6.42 Å². The van der Waals surface area contributed by atoms with E-state index in [4.69, 9.17) is 4.74 Å². The van der Waals surface area contributed by atoms with Crippen LogP contribution in [0.4, 0.5) is 4.79 Å². The molecule has 0 saturated heterocycles. The lowest BCUT2D eigenvalue weighted by Crippen LogP contribution is -2.45. The fourth-order valence-electron chi connectivity index (χ4n) is 2.37. The summed E-state index contributed by atoms with van der Waals surface area (Å²) >= 11 is 0. The number of H-pyrrole nitrogens is 1.